The molecule has 0 saturated heterocycles. The Hall–Kier alpha value is -0.920. The first kappa shape index (κ1) is 15.0. The van der Waals surface area contributed by atoms with Gasteiger partial charge in [0, 0.05) is 10.9 Å². The summed E-state index contributed by atoms with van der Waals surface area (Å²) in [4.78, 5) is 1.33. The Kier molecular flexibility index (Phi) is 4.61. The third-order valence-corrected chi connectivity index (χ3v) is 6.65. The van der Waals surface area contributed by atoms with Crippen molar-refractivity contribution in [2.24, 2.45) is 5.73 Å². The van der Waals surface area contributed by atoms with E-state index in [9.17, 15) is 0 Å². The molecule has 5 nitrogen and oxygen atoms in total. The molecule has 2 unspecified atom stereocenters. The van der Waals surface area contributed by atoms with Gasteiger partial charge in [-0.25, -0.2) is 4.68 Å². The van der Waals surface area contributed by atoms with Crippen molar-refractivity contribution in [2.75, 3.05) is 0 Å². The van der Waals surface area contributed by atoms with E-state index in [0.717, 1.165) is 5.16 Å². The van der Waals surface area contributed by atoms with E-state index in [1.54, 1.807) is 23.1 Å². The normalized spacial score (nSPS) is 19.0. The van der Waals surface area contributed by atoms with E-state index in [1.807, 2.05) is 4.68 Å². The van der Waals surface area contributed by atoms with Gasteiger partial charge in [-0.3, -0.25) is 0 Å². The van der Waals surface area contributed by atoms with Crippen molar-refractivity contribution >= 4 is 23.1 Å². The third-order valence-electron chi connectivity index (χ3n) is 4.00. The second-order valence-corrected chi connectivity index (χ2v) is 7.77. The molecule has 0 radical (unpaired) electrons. The van der Waals surface area contributed by atoms with Gasteiger partial charge in [0.05, 0.1) is 11.3 Å². The number of tetrazole rings is 1. The van der Waals surface area contributed by atoms with Crippen molar-refractivity contribution in [3.8, 4) is 0 Å². The molecule has 3 rings (SSSR count). The first-order valence-corrected chi connectivity index (χ1v) is 9.17. The summed E-state index contributed by atoms with van der Waals surface area (Å²) < 4.78 is 2.01. The standard InChI is InChI=1S/C14H21N5S2/c1-9-7-8-20-12(9)13(10(2)15)21-14-16-17-18-19(14)11-5-3-4-6-11/h7-8,10-11,13H,3-6,15H2,1-2H3. The summed E-state index contributed by atoms with van der Waals surface area (Å²) in [5.74, 6) is 0. The zero-order chi connectivity index (χ0) is 14.8. The molecule has 2 N–H and O–H groups in total. The summed E-state index contributed by atoms with van der Waals surface area (Å²) in [5, 5.41) is 15.6. The lowest BCUT2D eigenvalue weighted by Gasteiger charge is -2.20. The first-order chi connectivity index (χ1) is 10.2. The van der Waals surface area contributed by atoms with Crippen molar-refractivity contribution in [1.29, 1.82) is 0 Å². The topological polar surface area (TPSA) is 69.6 Å². The number of nitrogens with zero attached hydrogens (tertiary/aromatic N) is 4. The Morgan fingerprint density at radius 3 is 2.81 bits per heavy atom. The van der Waals surface area contributed by atoms with Gasteiger partial charge < -0.3 is 5.73 Å². The molecule has 2 aromatic heterocycles. The largest absolute Gasteiger partial charge is 0.327 e. The third kappa shape index (κ3) is 3.14. The van der Waals surface area contributed by atoms with E-state index in [2.05, 4.69) is 40.8 Å². The minimum Gasteiger partial charge on any atom is -0.327 e. The Labute approximate surface area is 133 Å². The monoisotopic (exact) mass is 323 g/mol. The van der Waals surface area contributed by atoms with Gasteiger partial charge in [-0.15, -0.1) is 16.4 Å². The van der Waals surface area contributed by atoms with Crippen LogP contribution in [0.2, 0.25) is 0 Å². The quantitative estimate of drug-likeness (QED) is 0.855. The smallest absolute Gasteiger partial charge is 0.210 e. The van der Waals surface area contributed by atoms with Crippen molar-refractivity contribution in [3.05, 3.63) is 21.9 Å². The molecule has 2 atom stereocenters. The fourth-order valence-electron chi connectivity index (χ4n) is 2.83. The van der Waals surface area contributed by atoms with Crippen LogP contribution in [0.25, 0.3) is 0 Å². The fraction of sp³-hybridized carbons (Fsp3) is 0.643. The van der Waals surface area contributed by atoms with Crippen LogP contribution >= 0.6 is 23.1 Å². The van der Waals surface area contributed by atoms with Crippen LogP contribution in [0, 0.1) is 6.92 Å². The molecule has 1 aliphatic rings. The van der Waals surface area contributed by atoms with E-state index >= 15 is 0 Å². The van der Waals surface area contributed by atoms with E-state index in [-0.39, 0.29) is 11.3 Å². The molecule has 0 amide bonds. The zero-order valence-corrected chi connectivity index (χ0v) is 14.0. The molecule has 0 aliphatic heterocycles. The van der Waals surface area contributed by atoms with Crippen molar-refractivity contribution in [3.63, 3.8) is 0 Å². The van der Waals surface area contributed by atoms with Gasteiger partial charge >= 0.3 is 0 Å². The number of aromatic nitrogens is 4. The summed E-state index contributed by atoms with van der Waals surface area (Å²) in [6.45, 7) is 4.20. The Balaban J connectivity index is 1.84. The highest BCUT2D eigenvalue weighted by Crippen LogP contribution is 2.41. The molecule has 0 bridgehead atoms. The molecule has 0 aromatic carbocycles. The van der Waals surface area contributed by atoms with Crippen LogP contribution in [-0.2, 0) is 0 Å². The van der Waals surface area contributed by atoms with Crippen molar-refractivity contribution in [1.82, 2.24) is 20.2 Å². The van der Waals surface area contributed by atoms with Crippen molar-refractivity contribution < 1.29 is 0 Å². The molecule has 114 valence electrons. The molecule has 1 saturated carbocycles. The lowest BCUT2D eigenvalue weighted by molar-refractivity contribution is 0.422. The summed E-state index contributed by atoms with van der Waals surface area (Å²) in [7, 11) is 0. The van der Waals surface area contributed by atoms with Gasteiger partial charge in [-0.1, -0.05) is 24.6 Å². The molecule has 1 aliphatic carbocycles. The summed E-state index contributed by atoms with van der Waals surface area (Å²) in [6, 6.07) is 2.66. The molecule has 2 aromatic rings. The highest BCUT2D eigenvalue weighted by atomic mass is 32.2. The van der Waals surface area contributed by atoms with Crippen LogP contribution in [0.1, 0.15) is 54.3 Å². The molecular weight excluding hydrogens is 302 g/mol. The SMILES string of the molecule is Cc1ccsc1C(Sc1nnnn1C1CCCC1)C(C)N. The second-order valence-electron chi connectivity index (χ2n) is 5.71. The lowest BCUT2D eigenvalue weighted by atomic mass is 10.1. The minimum absolute atomic E-state index is 0.0566. The maximum Gasteiger partial charge on any atom is 0.210 e. The van der Waals surface area contributed by atoms with Crippen LogP contribution < -0.4 is 5.73 Å². The Morgan fingerprint density at radius 2 is 2.19 bits per heavy atom. The predicted octanol–water partition coefficient (Wildman–Crippen LogP) is 3.34. The molecule has 0 spiro atoms. The van der Waals surface area contributed by atoms with E-state index < -0.39 is 0 Å². The number of thiophene rings is 1. The van der Waals surface area contributed by atoms with Gasteiger partial charge in [0.15, 0.2) is 0 Å². The van der Waals surface area contributed by atoms with Crippen LogP contribution in [0.5, 0.6) is 0 Å². The van der Waals surface area contributed by atoms with Crippen LogP contribution in [0.3, 0.4) is 0 Å². The van der Waals surface area contributed by atoms with Gasteiger partial charge in [-0.05, 0) is 54.1 Å². The minimum atomic E-state index is 0.0566. The number of hydrogen-bond donors (Lipinski definition) is 1. The number of aryl methyl sites for hydroxylation is 1. The number of hydrogen-bond acceptors (Lipinski definition) is 6. The van der Waals surface area contributed by atoms with Crippen LogP contribution in [0.4, 0.5) is 0 Å². The van der Waals surface area contributed by atoms with E-state index in [0.29, 0.717) is 6.04 Å². The predicted molar refractivity (Wildman–Crippen MR) is 86.6 cm³/mol. The number of thioether (sulfide) groups is 1. The number of rotatable bonds is 5. The summed E-state index contributed by atoms with van der Waals surface area (Å²) >= 11 is 3.47. The van der Waals surface area contributed by atoms with Gasteiger partial charge in [0.25, 0.3) is 0 Å². The summed E-state index contributed by atoms with van der Waals surface area (Å²) in [5.41, 5.74) is 7.53. The average Bonchev–Trinajstić information content (AvgIpc) is 3.16. The Morgan fingerprint density at radius 1 is 1.43 bits per heavy atom. The highest BCUT2D eigenvalue weighted by Gasteiger charge is 2.27. The molecular formula is C14H21N5S2. The molecule has 7 heteroatoms. The van der Waals surface area contributed by atoms with Gasteiger partial charge in [-0.2, -0.15) is 0 Å². The average molecular weight is 323 g/mol. The zero-order valence-electron chi connectivity index (χ0n) is 12.4. The van der Waals surface area contributed by atoms with Gasteiger partial charge in [0.1, 0.15) is 0 Å². The summed E-state index contributed by atoms with van der Waals surface area (Å²) in [6.07, 6.45) is 4.91. The van der Waals surface area contributed by atoms with E-state index in [4.69, 9.17) is 5.73 Å². The number of nitrogens with two attached hydrogens (primary N) is 1. The highest BCUT2D eigenvalue weighted by molar-refractivity contribution is 7.99. The molecule has 21 heavy (non-hydrogen) atoms. The molecule has 2 heterocycles. The van der Waals surface area contributed by atoms with Gasteiger partial charge in [0.2, 0.25) is 5.16 Å². The maximum atomic E-state index is 6.22. The van der Waals surface area contributed by atoms with Crippen LogP contribution in [0.15, 0.2) is 16.6 Å². The lowest BCUT2D eigenvalue weighted by Crippen LogP contribution is -2.23. The maximum absolute atomic E-state index is 6.22. The molecule has 1 fully saturated rings. The first-order valence-electron chi connectivity index (χ1n) is 7.41. The van der Waals surface area contributed by atoms with Crippen molar-refractivity contribution in [2.45, 2.75) is 62.0 Å². The Bertz CT molecular complexity index is 586. The van der Waals surface area contributed by atoms with E-state index in [1.165, 1.54) is 36.1 Å². The van der Waals surface area contributed by atoms with Crippen LogP contribution in [-0.4, -0.2) is 26.2 Å². The second kappa shape index (κ2) is 6.46. The fourth-order valence-corrected chi connectivity index (χ4v) is 5.27.